The number of hydrogen-bond donors (Lipinski definition) is 3. The molecule has 4 aromatic carbocycles. The Hall–Kier alpha value is -5.43. The first-order chi connectivity index (χ1) is 22.6. The van der Waals surface area contributed by atoms with E-state index in [-0.39, 0.29) is 11.5 Å². The average molecular weight is 616 g/mol. The summed E-state index contributed by atoms with van der Waals surface area (Å²) in [5, 5.41) is 8.31. The molecular weight excluding hydrogens is 583 g/mol. The molecule has 0 aliphatic heterocycles. The van der Waals surface area contributed by atoms with Gasteiger partial charge >= 0.3 is 0 Å². The van der Waals surface area contributed by atoms with Crippen molar-refractivity contribution in [1.29, 1.82) is 5.41 Å². The van der Waals surface area contributed by atoms with Gasteiger partial charge in [0.15, 0.2) is 0 Å². The molecule has 0 amide bonds. The molecule has 2 aliphatic carbocycles. The molecule has 1 spiro atoms. The Kier molecular flexibility index (Phi) is 7.74. The van der Waals surface area contributed by atoms with Crippen LogP contribution in [0.15, 0.2) is 145 Å². The van der Waals surface area contributed by atoms with Crippen LogP contribution < -0.4 is 11.5 Å². The van der Waals surface area contributed by atoms with Gasteiger partial charge in [0.25, 0.3) is 0 Å². The van der Waals surface area contributed by atoms with Gasteiger partial charge in [-0.1, -0.05) is 110 Å². The Morgan fingerprint density at radius 3 is 2.22 bits per heavy atom. The lowest BCUT2D eigenvalue weighted by Crippen LogP contribution is -2.25. The van der Waals surface area contributed by atoms with Gasteiger partial charge in [0.2, 0.25) is 0 Å². The molecule has 2 aromatic heterocycles. The molecule has 8 rings (SSSR count). The van der Waals surface area contributed by atoms with Gasteiger partial charge in [0.1, 0.15) is 6.04 Å². The molecular formula is C40H33N5S. The van der Waals surface area contributed by atoms with Crippen LogP contribution in [0.1, 0.15) is 38.9 Å². The molecule has 2 unspecified atom stereocenters. The largest absolute Gasteiger partial charge is 0.390 e. The Labute approximate surface area is 272 Å². The Balaban J connectivity index is 0.000000378. The fourth-order valence-corrected chi connectivity index (χ4v) is 8.49. The molecule has 0 fully saturated rings. The van der Waals surface area contributed by atoms with Crippen LogP contribution in [-0.4, -0.2) is 23.6 Å². The number of fused-ring (bicyclic) bond motifs is 12. The summed E-state index contributed by atoms with van der Waals surface area (Å²) < 4.78 is 1.33. The third-order valence-corrected chi connectivity index (χ3v) is 10.1. The lowest BCUT2D eigenvalue weighted by Gasteiger charge is -2.29. The van der Waals surface area contributed by atoms with Crippen molar-refractivity contribution >= 4 is 33.5 Å². The SMILES string of the molecule is C=C/C=C\C(=N)CN.NC=NC(c1ccccn1)c1cccc2c1-c1ccccc1C21c2ccccc2-c2c1sc1ccccc21. The van der Waals surface area contributed by atoms with E-state index < -0.39 is 0 Å². The summed E-state index contributed by atoms with van der Waals surface area (Å²) in [5.74, 6) is 0. The van der Waals surface area contributed by atoms with Crippen LogP contribution in [0.5, 0.6) is 0 Å². The highest BCUT2D eigenvalue weighted by molar-refractivity contribution is 7.20. The number of nitrogens with two attached hydrogens (primary N) is 2. The van der Waals surface area contributed by atoms with Crippen LogP contribution in [-0.2, 0) is 5.41 Å². The van der Waals surface area contributed by atoms with Gasteiger partial charge in [-0.25, -0.2) is 0 Å². The second-order valence-corrected chi connectivity index (χ2v) is 12.2. The minimum absolute atomic E-state index is 0.294. The minimum Gasteiger partial charge on any atom is -0.390 e. The van der Waals surface area contributed by atoms with E-state index in [0.717, 1.165) is 11.3 Å². The van der Waals surface area contributed by atoms with Crippen molar-refractivity contribution in [3.63, 3.8) is 0 Å². The Morgan fingerprint density at radius 2 is 1.52 bits per heavy atom. The van der Waals surface area contributed by atoms with E-state index in [1.165, 1.54) is 60.2 Å². The molecule has 0 radical (unpaired) electrons. The molecule has 2 aliphatic rings. The maximum atomic E-state index is 6.98. The average Bonchev–Trinajstić information content (AvgIpc) is 3.74. The second-order valence-electron chi connectivity index (χ2n) is 11.2. The number of aromatic nitrogens is 1. The van der Waals surface area contributed by atoms with Crippen LogP contribution >= 0.6 is 11.3 Å². The lowest BCUT2D eigenvalue weighted by atomic mass is 9.73. The number of thiophene rings is 1. The van der Waals surface area contributed by atoms with Crippen LogP contribution in [0.2, 0.25) is 0 Å². The van der Waals surface area contributed by atoms with Crippen LogP contribution in [0, 0.1) is 5.41 Å². The van der Waals surface area contributed by atoms with Crippen LogP contribution in [0.25, 0.3) is 32.3 Å². The van der Waals surface area contributed by atoms with Gasteiger partial charge in [-0.2, -0.15) is 0 Å². The third kappa shape index (κ3) is 4.45. The molecule has 5 nitrogen and oxygen atoms in total. The highest BCUT2D eigenvalue weighted by Crippen LogP contribution is 2.66. The molecule has 0 saturated carbocycles. The number of pyridine rings is 1. The number of nitrogens with zero attached hydrogens (tertiary/aromatic N) is 2. The van der Waals surface area contributed by atoms with Crippen molar-refractivity contribution in [2.75, 3.05) is 6.54 Å². The zero-order chi connectivity index (χ0) is 31.7. The smallest absolute Gasteiger partial charge is 0.119 e. The fourth-order valence-electron chi connectivity index (χ4n) is 7.04. The van der Waals surface area contributed by atoms with E-state index in [1.54, 1.807) is 18.2 Å². The van der Waals surface area contributed by atoms with Gasteiger partial charge in [0, 0.05) is 39.0 Å². The van der Waals surface area contributed by atoms with Crippen molar-refractivity contribution in [1.82, 2.24) is 4.98 Å². The normalized spacial score (nSPS) is 16.1. The molecule has 0 saturated heterocycles. The first kappa shape index (κ1) is 29.3. The zero-order valence-corrected chi connectivity index (χ0v) is 26.0. The number of rotatable bonds is 6. The van der Waals surface area contributed by atoms with Crippen molar-refractivity contribution in [3.05, 3.63) is 173 Å². The molecule has 5 N–H and O–H groups in total. The lowest BCUT2D eigenvalue weighted by molar-refractivity contribution is 0.802. The maximum absolute atomic E-state index is 6.98. The first-order valence-electron chi connectivity index (χ1n) is 15.2. The summed E-state index contributed by atoms with van der Waals surface area (Å²) in [7, 11) is 0. The Morgan fingerprint density at radius 1 is 0.848 bits per heavy atom. The van der Waals surface area contributed by atoms with E-state index in [4.69, 9.17) is 21.9 Å². The highest BCUT2D eigenvalue weighted by Gasteiger charge is 2.54. The standard InChI is InChI=1S/C34H23N3S.C6H10N2/c35-20-37-32(28-17-7-8-19-36-28)24-13-9-16-27-30(24)21-10-1-4-14-25(21)34(27)26-15-5-2-11-22(26)31-23-12-3-6-18-29(23)38-33(31)34;1-2-3-4-6(8)5-7/h1-20,32H,(H2,35,37);2-4,8H,1,5,7H2/b;4-3-,8-6?. The maximum Gasteiger partial charge on any atom is 0.119 e. The molecule has 6 aromatic rings. The van der Waals surface area contributed by atoms with Crippen molar-refractivity contribution in [3.8, 4) is 22.3 Å². The van der Waals surface area contributed by atoms with Crippen LogP contribution in [0.3, 0.4) is 0 Å². The van der Waals surface area contributed by atoms with E-state index >= 15 is 0 Å². The van der Waals surface area contributed by atoms with Crippen molar-refractivity contribution in [2.24, 2.45) is 16.5 Å². The number of aliphatic imine (C=N–C) groups is 1. The minimum atomic E-state index is -0.376. The quantitative estimate of drug-likeness (QED) is 0.0994. The topological polar surface area (TPSA) is 101 Å². The van der Waals surface area contributed by atoms with Gasteiger partial charge < -0.3 is 16.9 Å². The van der Waals surface area contributed by atoms with E-state index in [1.807, 2.05) is 35.7 Å². The van der Waals surface area contributed by atoms with Gasteiger partial charge in [-0.3, -0.25) is 9.98 Å². The van der Waals surface area contributed by atoms with Gasteiger partial charge in [-0.15, -0.1) is 11.3 Å². The number of allylic oxidation sites excluding steroid dienone is 2. The summed E-state index contributed by atoms with van der Waals surface area (Å²) in [5.41, 5.74) is 22.3. The van der Waals surface area contributed by atoms with Crippen molar-refractivity contribution < 1.29 is 0 Å². The van der Waals surface area contributed by atoms with E-state index in [9.17, 15) is 0 Å². The second kappa shape index (κ2) is 12.2. The third-order valence-electron chi connectivity index (χ3n) is 8.79. The fraction of sp³-hybridized carbons (Fsp3) is 0.0750. The summed E-state index contributed by atoms with van der Waals surface area (Å²) in [4.78, 5) is 10.8. The van der Waals surface area contributed by atoms with Crippen molar-refractivity contribution in [2.45, 2.75) is 11.5 Å². The van der Waals surface area contributed by atoms with Gasteiger partial charge in [0.05, 0.1) is 17.4 Å². The first-order valence-corrected chi connectivity index (χ1v) is 16.0. The summed E-state index contributed by atoms with van der Waals surface area (Å²) in [6, 6.07) is 39.0. The number of nitrogens with one attached hydrogen (secondary N) is 1. The van der Waals surface area contributed by atoms with E-state index in [0.29, 0.717) is 12.3 Å². The zero-order valence-electron chi connectivity index (χ0n) is 25.2. The summed E-state index contributed by atoms with van der Waals surface area (Å²) in [6.45, 7) is 3.74. The predicted molar refractivity (Wildman–Crippen MR) is 193 cm³/mol. The van der Waals surface area contributed by atoms with E-state index in [2.05, 4.69) is 103 Å². The molecule has 6 heteroatoms. The molecule has 224 valence electrons. The molecule has 2 heterocycles. The highest BCUT2D eigenvalue weighted by atomic mass is 32.1. The number of hydrogen-bond acceptors (Lipinski definition) is 5. The predicted octanol–water partition coefficient (Wildman–Crippen LogP) is 8.42. The monoisotopic (exact) mass is 615 g/mol. The Bertz CT molecular complexity index is 2160. The summed E-state index contributed by atoms with van der Waals surface area (Å²) in [6.07, 6.45) is 8.15. The molecule has 46 heavy (non-hydrogen) atoms. The molecule has 0 bridgehead atoms. The van der Waals surface area contributed by atoms with Gasteiger partial charge in [-0.05, 0) is 63.2 Å². The van der Waals surface area contributed by atoms with Crippen LogP contribution in [0.4, 0.5) is 0 Å². The molecule has 2 atom stereocenters. The number of benzene rings is 4. The summed E-state index contributed by atoms with van der Waals surface area (Å²) >= 11 is 1.93.